The molecule has 0 spiro atoms. The third kappa shape index (κ3) is 4.25. The largest absolute Gasteiger partial charge is 0.480 e. The van der Waals surface area contributed by atoms with Gasteiger partial charge in [0, 0.05) is 5.92 Å². The normalized spacial score (nSPS) is 12.9. The van der Waals surface area contributed by atoms with Gasteiger partial charge in [0.05, 0.1) is 19.8 Å². The predicted molar refractivity (Wildman–Crippen MR) is 117 cm³/mol. The number of benzene rings is 3. The molecule has 0 saturated heterocycles. The second-order valence-electron chi connectivity index (χ2n) is 7.37. The zero-order chi connectivity index (χ0) is 23.4. The van der Waals surface area contributed by atoms with Gasteiger partial charge in [-0.2, -0.15) is 0 Å². The fraction of sp³-hybridized carbons (Fsp3) is 0.250. The number of aliphatic carboxylic acids is 1. The summed E-state index contributed by atoms with van der Waals surface area (Å²) >= 11 is 0. The van der Waals surface area contributed by atoms with Crippen molar-refractivity contribution >= 4 is 45.4 Å². The molecule has 0 unspecified atom stereocenters. The first-order valence-corrected chi connectivity index (χ1v) is 9.90. The Labute approximate surface area is 184 Å². The number of methoxy groups -OCH3 is 2. The van der Waals surface area contributed by atoms with Crippen molar-refractivity contribution < 1.29 is 33.8 Å². The molecule has 166 valence electrons. The summed E-state index contributed by atoms with van der Waals surface area (Å²) in [5.41, 5.74) is 0.310. The molecule has 0 heterocycles. The van der Waals surface area contributed by atoms with Crippen LogP contribution in [0.3, 0.4) is 0 Å². The molecule has 0 aliphatic heterocycles. The average molecular weight is 437 g/mol. The van der Waals surface area contributed by atoms with E-state index in [2.05, 4.69) is 14.8 Å². The van der Waals surface area contributed by atoms with Gasteiger partial charge in [-0.15, -0.1) is 0 Å². The fourth-order valence-corrected chi connectivity index (χ4v) is 3.86. The molecule has 8 heteroatoms. The Kier molecular flexibility index (Phi) is 6.73. The van der Waals surface area contributed by atoms with Crippen LogP contribution in [0.5, 0.6) is 0 Å². The van der Waals surface area contributed by atoms with Crippen LogP contribution in [0.15, 0.2) is 54.6 Å². The van der Waals surface area contributed by atoms with Gasteiger partial charge in [0.2, 0.25) is 0 Å². The second-order valence-corrected chi connectivity index (χ2v) is 7.37. The molecule has 0 aromatic heterocycles. The lowest BCUT2D eigenvalue weighted by Gasteiger charge is -2.26. The highest BCUT2D eigenvalue weighted by Gasteiger charge is 2.42. The van der Waals surface area contributed by atoms with E-state index in [4.69, 9.17) is 0 Å². The predicted octanol–water partition coefficient (Wildman–Crippen LogP) is 2.77. The maximum atomic E-state index is 13.4. The summed E-state index contributed by atoms with van der Waals surface area (Å²) in [6.07, 6.45) is 0. The Morgan fingerprint density at radius 1 is 0.844 bits per heavy atom. The summed E-state index contributed by atoms with van der Waals surface area (Å²) in [6.45, 7) is 1.37. The fourth-order valence-electron chi connectivity index (χ4n) is 3.86. The van der Waals surface area contributed by atoms with E-state index < -0.39 is 41.7 Å². The molecular weight excluding hydrogens is 414 g/mol. The minimum absolute atomic E-state index is 0.310. The van der Waals surface area contributed by atoms with E-state index in [1.807, 2.05) is 30.3 Å². The lowest BCUT2D eigenvalue weighted by Crippen LogP contribution is -2.50. The molecule has 2 atom stereocenters. The smallest absolute Gasteiger partial charge is 0.326 e. The van der Waals surface area contributed by atoms with Crippen LogP contribution in [-0.2, 0) is 23.9 Å². The van der Waals surface area contributed by atoms with Crippen LogP contribution in [0, 0.1) is 11.8 Å². The van der Waals surface area contributed by atoms with Crippen molar-refractivity contribution in [1.82, 2.24) is 5.32 Å². The third-order valence-corrected chi connectivity index (χ3v) is 5.51. The van der Waals surface area contributed by atoms with Crippen LogP contribution in [0.4, 0.5) is 0 Å². The molecule has 2 N–H and O–H groups in total. The highest BCUT2D eigenvalue weighted by molar-refractivity contribution is 6.18. The maximum absolute atomic E-state index is 13.4. The Bertz CT molecular complexity index is 1130. The molecule has 0 saturated carbocycles. The average Bonchev–Trinajstić information content (AvgIpc) is 2.80. The maximum Gasteiger partial charge on any atom is 0.326 e. The topological polar surface area (TPSA) is 119 Å². The van der Waals surface area contributed by atoms with E-state index in [9.17, 15) is 24.3 Å². The number of amides is 1. The quantitative estimate of drug-likeness (QED) is 0.331. The van der Waals surface area contributed by atoms with Crippen molar-refractivity contribution in [3.8, 4) is 0 Å². The summed E-state index contributed by atoms with van der Waals surface area (Å²) in [5.74, 6) is -6.58. The first-order valence-electron chi connectivity index (χ1n) is 9.90. The number of carboxylic acids is 1. The summed E-state index contributed by atoms with van der Waals surface area (Å²) in [6, 6.07) is 14.9. The number of ether oxygens (including phenoxy) is 2. The SMILES string of the molecule is COC(=O)C(C(=O)OC)[C@H](C)[C@H](NC(=O)c1c2ccccc2cc2ccccc12)C(=O)O. The van der Waals surface area contributed by atoms with Gasteiger partial charge in [0.15, 0.2) is 5.92 Å². The first kappa shape index (κ1) is 22.7. The van der Waals surface area contributed by atoms with Gasteiger partial charge in [0.25, 0.3) is 5.91 Å². The number of fused-ring (bicyclic) bond motifs is 2. The Morgan fingerprint density at radius 2 is 1.31 bits per heavy atom. The van der Waals surface area contributed by atoms with Crippen molar-refractivity contribution in [3.05, 3.63) is 60.2 Å². The van der Waals surface area contributed by atoms with Gasteiger partial charge < -0.3 is 19.9 Å². The molecule has 0 radical (unpaired) electrons. The lowest BCUT2D eigenvalue weighted by molar-refractivity contribution is -0.162. The van der Waals surface area contributed by atoms with Crippen LogP contribution >= 0.6 is 0 Å². The zero-order valence-corrected chi connectivity index (χ0v) is 17.8. The monoisotopic (exact) mass is 437 g/mol. The van der Waals surface area contributed by atoms with Gasteiger partial charge in [-0.25, -0.2) is 4.79 Å². The third-order valence-electron chi connectivity index (χ3n) is 5.51. The van der Waals surface area contributed by atoms with Gasteiger partial charge in [-0.05, 0) is 27.6 Å². The molecule has 0 aliphatic carbocycles. The van der Waals surface area contributed by atoms with Crippen molar-refractivity contribution in [2.24, 2.45) is 11.8 Å². The number of carbonyl (C=O) groups excluding carboxylic acids is 3. The van der Waals surface area contributed by atoms with Gasteiger partial charge in [-0.3, -0.25) is 14.4 Å². The Balaban J connectivity index is 2.06. The Hall–Kier alpha value is -3.94. The number of hydrogen-bond acceptors (Lipinski definition) is 6. The number of carboxylic acid groups (broad SMARTS) is 1. The van der Waals surface area contributed by atoms with E-state index in [1.165, 1.54) is 6.92 Å². The molecule has 0 bridgehead atoms. The van der Waals surface area contributed by atoms with Crippen LogP contribution < -0.4 is 5.32 Å². The lowest BCUT2D eigenvalue weighted by atomic mass is 9.86. The molecule has 8 nitrogen and oxygen atoms in total. The van der Waals surface area contributed by atoms with Gasteiger partial charge in [-0.1, -0.05) is 55.5 Å². The first-order chi connectivity index (χ1) is 15.3. The van der Waals surface area contributed by atoms with Crippen LogP contribution in [-0.4, -0.2) is 49.2 Å². The second kappa shape index (κ2) is 9.47. The summed E-state index contributed by atoms with van der Waals surface area (Å²) in [5, 5.41) is 15.2. The zero-order valence-electron chi connectivity index (χ0n) is 17.8. The van der Waals surface area contributed by atoms with Crippen molar-refractivity contribution in [3.63, 3.8) is 0 Å². The molecule has 32 heavy (non-hydrogen) atoms. The highest BCUT2D eigenvalue weighted by atomic mass is 16.5. The van der Waals surface area contributed by atoms with E-state index in [-0.39, 0.29) is 0 Å². The van der Waals surface area contributed by atoms with E-state index in [1.54, 1.807) is 24.3 Å². The molecule has 3 rings (SSSR count). The van der Waals surface area contributed by atoms with Crippen LogP contribution in [0.2, 0.25) is 0 Å². The molecular formula is C24H23NO7. The number of esters is 2. The summed E-state index contributed by atoms with van der Waals surface area (Å²) in [4.78, 5) is 49.7. The summed E-state index contributed by atoms with van der Waals surface area (Å²) < 4.78 is 9.29. The van der Waals surface area contributed by atoms with Gasteiger partial charge >= 0.3 is 17.9 Å². The van der Waals surface area contributed by atoms with E-state index in [0.29, 0.717) is 16.3 Å². The number of carbonyl (C=O) groups is 4. The van der Waals surface area contributed by atoms with Crippen molar-refractivity contribution in [1.29, 1.82) is 0 Å². The van der Waals surface area contributed by atoms with Crippen LogP contribution in [0.1, 0.15) is 17.3 Å². The molecule has 3 aromatic carbocycles. The molecule has 0 aliphatic rings. The van der Waals surface area contributed by atoms with Crippen molar-refractivity contribution in [2.45, 2.75) is 13.0 Å². The summed E-state index contributed by atoms with van der Waals surface area (Å²) in [7, 11) is 2.17. The molecule has 0 fully saturated rings. The van der Waals surface area contributed by atoms with Crippen LogP contribution in [0.25, 0.3) is 21.5 Å². The van der Waals surface area contributed by atoms with Crippen molar-refractivity contribution in [2.75, 3.05) is 14.2 Å². The molecule has 1 amide bonds. The highest BCUT2D eigenvalue weighted by Crippen LogP contribution is 2.29. The Morgan fingerprint density at radius 3 is 1.75 bits per heavy atom. The minimum atomic E-state index is -1.55. The number of hydrogen-bond donors (Lipinski definition) is 2. The molecule has 3 aromatic rings. The number of rotatable bonds is 7. The van der Waals surface area contributed by atoms with E-state index >= 15 is 0 Å². The minimum Gasteiger partial charge on any atom is -0.480 e. The van der Waals surface area contributed by atoms with E-state index in [0.717, 1.165) is 25.0 Å². The standard InChI is InChI=1S/C24H23NO7/c1-13(18(23(29)31-2)24(30)32-3)20(22(27)28)25-21(26)19-16-10-6-4-8-14(16)12-15-9-5-7-11-17(15)19/h4-13,18,20H,1-3H3,(H,25,26)(H,27,28)/t13-,20-/m0/s1. The van der Waals surface area contributed by atoms with Gasteiger partial charge in [0.1, 0.15) is 6.04 Å². The number of nitrogens with one attached hydrogen (secondary N) is 1.